The van der Waals surface area contributed by atoms with Crippen LogP contribution in [0.4, 0.5) is 5.69 Å². The lowest BCUT2D eigenvalue weighted by Gasteiger charge is -2.37. The Balaban J connectivity index is 1.70. The van der Waals surface area contributed by atoms with E-state index < -0.39 is 0 Å². The normalized spacial score (nSPS) is 16.3. The Labute approximate surface area is 128 Å². The number of carbonyl (C=O) groups excluding carboxylic acids is 1. The third-order valence-corrected chi connectivity index (χ3v) is 4.70. The zero-order valence-electron chi connectivity index (χ0n) is 12.1. The molecule has 3 N–H and O–H groups in total. The molecule has 4 nitrogen and oxygen atoms in total. The Bertz CT molecular complexity index is 661. The lowest BCUT2D eigenvalue weighted by atomic mass is 9.75. The van der Waals surface area contributed by atoms with E-state index in [4.69, 9.17) is 5.73 Å². The van der Waals surface area contributed by atoms with Crippen LogP contribution in [0.2, 0.25) is 0 Å². The minimum absolute atomic E-state index is 0.0104. The number of thiazole rings is 1. The maximum atomic E-state index is 12.1. The van der Waals surface area contributed by atoms with Crippen molar-refractivity contribution < 1.29 is 4.79 Å². The molecule has 21 heavy (non-hydrogen) atoms. The summed E-state index contributed by atoms with van der Waals surface area (Å²) < 4.78 is 0. The van der Waals surface area contributed by atoms with Gasteiger partial charge >= 0.3 is 0 Å². The summed E-state index contributed by atoms with van der Waals surface area (Å²) in [5.74, 6) is -0.0104. The van der Waals surface area contributed by atoms with Crippen molar-refractivity contribution in [1.82, 2.24) is 4.98 Å². The van der Waals surface area contributed by atoms with Crippen molar-refractivity contribution in [2.75, 3.05) is 5.32 Å². The van der Waals surface area contributed by atoms with Gasteiger partial charge in [-0.3, -0.25) is 4.79 Å². The number of hydrogen-bond donors (Lipinski definition) is 2. The second kappa shape index (κ2) is 5.58. The number of nitrogens with one attached hydrogen (secondary N) is 1. The molecule has 1 heterocycles. The summed E-state index contributed by atoms with van der Waals surface area (Å²) in [4.78, 5) is 16.5. The third-order valence-electron chi connectivity index (χ3n) is 3.92. The van der Waals surface area contributed by atoms with E-state index in [1.807, 2.05) is 36.6 Å². The van der Waals surface area contributed by atoms with Crippen molar-refractivity contribution in [2.45, 2.75) is 38.1 Å². The molecule has 0 atom stereocenters. The molecular weight excluding hydrogens is 282 g/mol. The van der Waals surface area contributed by atoms with Crippen LogP contribution in [0.15, 0.2) is 29.6 Å². The van der Waals surface area contributed by atoms with E-state index >= 15 is 0 Å². The quantitative estimate of drug-likeness (QED) is 0.910. The van der Waals surface area contributed by atoms with Crippen molar-refractivity contribution in [3.8, 4) is 11.3 Å². The first-order chi connectivity index (χ1) is 10.0. The molecule has 5 heteroatoms. The van der Waals surface area contributed by atoms with Crippen LogP contribution in [0.25, 0.3) is 11.3 Å². The zero-order chi connectivity index (χ0) is 14.9. The molecular formula is C16H19N3OS. The fraction of sp³-hybridized carbons (Fsp3) is 0.375. The van der Waals surface area contributed by atoms with Gasteiger partial charge in [-0.05, 0) is 38.3 Å². The monoisotopic (exact) mass is 301 g/mol. The van der Waals surface area contributed by atoms with Crippen LogP contribution >= 0.6 is 11.3 Å². The van der Waals surface area contributed by atoms with Crippen LogP contribution in [-0.2, 0) is 4.79 Å². The third kappa shape index (κ3) is 3.31. The predicted molar refractivity (Wildman–Crippen MR) is 86.3 cm³/mol. The summed E-state index contributed by atoms with van der Waals surface area (Å²) in [6.07, 6.45) is 3.41. The van der Waals surface area contributed by atoms with Crippen LogP contribution in [0, 0.1) is 6.92 Å². The Morgan fingerprint density at radius 1 is 1.48 bits per heavy atom. The summed E-state index contributed by atoms with van der Waals surface area (Å²) in [5.41, 5.74) is 8.59. The molecule has 0 saturated heterocycles. The average Bonchev–Trinajstić information content (AvgIpc) is 2.84. The van der Waals surface area contributed by atoms with Crippen LogP contribution in [-0.4, -0.2) is 16.4 Å². The largest absolute Gasteiger partial charge is 0.326 e. The molecule has 1 aliphatic carbocycles. The first kappa shape index (κ1) is 14.2. The minimum Gasteiger partial charge on any atom is -0.326 e. The number of nitrogens with zero attached hydrogens (tertiary/aromatic N) is 1. The fourth-order valence-electron chi connectivity index (χ4n) is 2.58. The SMILES string of the molecule is Cc1nc(-c2cccc(NC(=O)CC3(N)CCC3)c2)cs1. The first-order valence-corrected chi connectivity index (χ1v) is 8.03. The molecule has 0 spiro atoms. The van der Waals surface area contributed by atoms with Crippen LogP contribution in [0.3, 0.4) is 0 Å². The minimum atomic E-state index is -0.284. The topological polar surface area (TPSA) is 68.0 Å². The standard InChI is InChI=1S/C16H19N3OS/c1-11-18-14(10-21-11)12-4-2-5-13(8-12)19-15(20)9-16(17)6-3-7-16/h2,4-5,8,10H,3,6-7,9,17H2,1H3,(H,19,20). The van der Waals surface area contributed by atoms with Crippen molar-refractivity contribution in [3.63, 3.8) is 0 Å². The fourth-order valence-corrected chi connectivity index (χ4v) is 3.21. The number of rotatable bonds is 4. The van der Waals surface area contributed by atoms with Gasteiger partial charge in [-0.1, -0.05) is 12.1 Å². The average molecular weight is 301 g/mol. The van der Waals surface area contributed by atoms with E-state index in [-0.39, 0.29) is 11.4 Å². The molecule has 0 aliphatic heterocycles. The molecule has 0 unspecified atom stereocenters. The van der Waals surface area contributed by atoms with Gasteiger partial charge in [0.1, 0.15) is 0 Å². The van der Waals surface area contributed by atoms with E-state index in [2.05, 4.69) is 10.3 Å². The molecule has 3 rings (SSSR count). The Kier molecular flexibility index (Phi) is 3.78. The van der Waals surface area contributed by atoms with Gasteiger partial charge in [0.05, 0.1) is 10.7 Å². The Morgan fingerprint density at radius 3 is 2.90 bits per heavy atom. The van der Waals surface area contributed by atoms with Crippen LogP contribution < -0.4 is 11.1 Å². The first-order valence-electron chi connectivity index (χ1n) is 7.15. The molecule has 110 valence electrons. The van der Waals surface area contributed by atoms with Crippen molar-refractivity contribution in [3.05, 3.63) is 34.7 Å². The smallest absolute Gasteiger partial charge is 0.226 e. The predicted octanol–water partition coefficient (Wildman–Crippen LogP) is 3.33. The van der Waals surface area contributed by atoms with E-state index in [0.29, 0.717) is 6.42 Å². The van der Waals surface area contributed by atoms with E-state index in [1.54, 1.807) is 11.3 Å². The molecule has 1 saturated carbocycles. The Hall–Kier alpha value is -1.72. The van der Waals surface area contributed by atoms with Crippen LogP contribution in [0.5, 0.6) is 0 Å². The highest BCUT2D eigenvalue weighted by Gasteiger charge is 2.34. The van der Waals surface area contributed by atoms with Gasteiger partial charge in [0.15, 0.2) is 0 Å². The summed E-state index contributed by atoms with van der Waals surface area (Å²) in [6, 6.07) is 7.78. The van der Waals surface area contributed by atoms with E-state index in [1.165, 1.54) is 0 Å². The molecule has 1 aromatic carbocycles. The molecule has 0 radical (unpaired) electrons. The van der Waals surface area contributed by atoms with E-state index in [0.717, 1.165) is 41.2 Å². The summed E-state index contributed by atoms with van der Waals surface area (Å²) in [6.45, 7) is 1.99. The lowest BCUT2D eigenvalue weighted by molar-refractivity contribution is -0.118. The maximum Gasteiger partial charge on any atom is 0.226 e. The molecule has 1 aliphatic rings. The number of aromatic nitrogens is 1. The molecule has 1 amide bonds. The number of carbonyl (C=O) groups is 1. The van der Waals surface area contributed by atoms with Crippen LogP contribution in [0.1, 0.15) is 30.7 Å². The second-order valence-corrected chi connectivity index (χ2v) is 6.84. The lowest BCUT2D eigenvalue weighted by Crippen LogP contribution is -2.48. The van der Waals surface area contributed by atoms with Gasteiger partial charge < -0.3 is 11.1 Å². The van der Waals surface area contributed by atoms with E-state index in [9.17, 15) is 4.79 Å². The van der Waals surface area contributed by atoms with Gasteiger partial charge in [-0.2, -0.15) is 0 Å². The number of nitrogens with two attached hydrogens (primary N) is 1. The van der Waals surface area contributed by atoms with Gasteiger partial charge in [0.2, 0.25) is 5.91 Å². The molecule has 1 aromatic heterocycles. The number of amides is 1. The highest BCUT2D eigenvalue weighted by molar-refractivity contribution is 7.09. The van der Waals surface area contributed by atoms with Gasteiger partial charge in [-0.25, -0.2) is 4.98 Å². The molecule has 2 aromatic rings. The summed E-state index contributed by atoms with van der Waals surface area (Å²) in [5, 5.41) is 6.00. The maximum absolute atomic E-state index is 12.1. The highest BCUT2D eigenvalue weighted by atomic mass is 32.1. The van der Waals surface area contributed by atoms with Gasteiger partial charge in [0, 0.05) is 28.6 Å². The molecule has 0 bridgehead atoms. The Morgan fingerprint density at radius 2 is 2.29 bits per heavy atom. The zero-order valence-corrected chi connectivity index (χ0v) is 12.9. The van der Waals surface area contributed by atoms with Crippen molar-refractivity contribution >= 4 is 22.9 Å². The van der Waals surface area contributed by atoms with Gasteiger partial charge in [-0.15, -0.1) is 11.3 Å². The van der Waals surface area contributed by atoms with Crippen molar-refractivity contribution in [2.24, 2.45) is 5.73 Å². The summed E-state index contributed by atoms with van der Waals surface area (Å²) >= 11 is 1.62. The van der Waals surface area contributed by atoms with Gasteiger partial charge in [0.25, 0.3) is 0 Å². The second-order valence-electron chi connectivity index (χ2n) is 5.77. The number of benzene rings is 1. The van der Waals surface area contributed by atoms with Crippen molar-refractivity contribution in [1.29, 1.82) is 0 Å². The number of aryl methyl sites for hydroxylation is 1. The number of hydrogen-bond acceptors (Lipinski definition) is 4. The highest BCUT2D eigenvalue weighted by Crippen LogP contribution is 2.32. The molecule has 1 fully saturated rings. The number of anilines is 1. The summed E-state index contributed by atoms with van der Waals surface area (Å²) in [7, 11) is 0.